The van der Waals surface area contributed by atoms with Gasteiger partial charge in [-0.25, -0.2) is 9.97 Å². The Morgan fingerprint density at radius 1 is 1.18 bits per heavy atom. The molecule has 2 aromatic rings. The second-order valence-corrected chi connectivity index (χ2v) is 6.56. The summed E-state index contributed by atoms with van der Waals surface area (Å²) in [5.41, 5.74) is 0.464. The van der Waals surface area contributed by atoms with Crippen LogP contribution in [0.1, 0.15) is 31.3 Å². The summed E-state index contributed by atoms with van der Waals surface area (Å²) in [5, 5.41) is 6.68. The molecule has 0 aliphatic heterocycles. The van der Waals surface area contributed by atoms with E-state index in [-0.39, 0.29) is 17.1 Å². The first kappa shape index (κ1) is 16.5. The lowest BCUT2D eigenvalue weighted by Gasteiger charge is -2.20. The molecule has 0 unspecified atom stereocenters. The highest BCUT2D eigenvalue weighted by molar-refractivity contribution is 6.35. The summed E-state index contributed by atoms with van der Waals surface area (Å²) in [7, 11) is 0. The van der Waals surface area contributed by atoms with E-state index in [0.29, 0.717) is 21.7 Å². The molecule has 0 saturated carbocycles. The highest BCUT2D eigenvalue weighted by Gasteiger charge is 2.14. The predicted octanol–water partition coefficient (Wildman–Crippen LogP) is 4.25. The fraction of sp³-hybridized carbons (Fsp3) is 0.267. The van der Waals surface area contributed by atoms with Crippen LogP contribution in [0.2, 0.25) is 10.0 Å². The molecule has 0 aliphatic rings. The fourth-order valence-corrected chi connectivity index (χ4v) is 2.00. The van der Waals surface area contributed by atoms with Crippen LogP contribution in [0.4, 0.5) is 11.6 Å². The number of anilines is 2. The quantitative estimate of drug-likeness (QED) is 0.877. The summed E-state index contributed by atoms with van der Waals surface area (Å²) in [6.07, 6.45) is 1.52. The van der Waals surface area contributed by atoms with Crippen molar-refractivity contribution in [3.63, 3.8) is 0 Å². The minimum absolute atomic E-state index is 0.203. The second kappa shape index (κ2) is 6.50. The van der Waals surface area contributed by atoms with Gasteiger partial charge in [0.2, 0.25) is 5.95 Å². The van der Waals surface area contributed by atoms with Crippen LogP contribution in [0.15, 0.2) is 30.5 Å². The minimum Gasteiger partial charge on any atom is -0.350 e. The van der Waals surface area contributed by atoms with Crippen LogP contribution in [-0.2, 0) is 0 Å². The summed E-state index contributed by atoms with van der Waals surface area (Å²) in [4.78, 5) is 20.6. The normalized spacial score (nSPS) is 11.1. The van der Waals surface area contributed by atoms with Crippen LogP contribution in [0.25, 0.3) is 0 Å². The van der Waals surface area contributed by atoms with E-state index in [1.54, 1.807) is 18.2 Å². The molecule has 0 fully saturated rings. The molecule has 1 aromatic heterocycles. The average Bonchev–Trinajstić information content (AvgIpc) is 2.41. The number of amides is 1. The van der Waals surface area contributed by atoms with Crippen molar-refractivity contribution < 1.29 is 4.79 Å². The SMILES string of the molecule is CC(C)(C)Nc1nccc(C(=O)Nc2cc(Cl)ccc2Cl)n1. The van der Waals surface area contributed by atoms with Gasteiger partial charge in [-0.1, -0.05) is 23.2 Å². The standard InChI is InChI=1S/C15H16Cl2N4O/c1-15(2,3)21-14-18-7-6-11(20-14)13(22)19-12-8-9(16)4-5-10(12)17/h4-8H,1-3H3,(H,19,22)(H,18,20,21). The van der Waals surface area contributed by atoms with E-state index < -0.39 is 0 Å². The third-order valence-corrected chi connectivity index (χ3v) is 3.12. The van der Waals surface area contributed by atoms with E-state index in [9.17, 15) is 4.79 Å². The van der Waals surface area contributed by atoms with Crippen LogP contribution in [0.3, 0.4) is 0 Å². The summed E-state index contributed by atoms with van der Waals surface area (Å²) >= 11 is 11.9. The van der Waals surface area contributed by atoms with E-state index in [2.05, 4.69) is 20.6 Å². The molecule has 5 nitrogen and oxygen atoms in total. The molecule has 0 aliphatic carbocycles. The highest BCUT2D eigenvalue weighted by Crippen LogP contribution is 2.25. The maximum atomic E-state index is 12.3. The zero-order valence-corrected chi connectivity index (χ0v) is 14.0. The van der Waals surface area contributed by atoms with E-state index in [4.69, 9.17) is 23.2 Å². The van der Waals surface area contributed by atoms with Crippen molar-refractivity contribution in [2.24, 2.45) is 0 Å². The molecule has 0 spiro atoms. The largest absolute Gasteiger partial charge is 0.350 e. The first-order valence-corrected chi connectivity index (χ1v) is 7.38. The number of hydrogen-bond donors (Lipinski definition) is 2. The zero-order valence-electron chi connectivity index (χ0n) is 12.4. The second-order valence-electron chi connectivity index (χ2n) is 5.72. The van der Waals surface area contributed by atoms with E-state index in [1.807, 2.05) is 20.8 Å². The maximum Gasteiger partial charge on any atom is 0.274 e. The Kier molecular flexibility index (Phi) is 4.88. The van der Waals surface area contributed by atoms with Crippen molar-refractivity contribution in [2.75, 3.05) is 10.6 Å². The number of nitrogens with zero attached hydrogens (tertiary/aromatic N) is 2. The Morgan fingerprint density at radius 3 is 2.59 bits per heavy atom. The van der Waals surface area contributed by atoms with Gasteiger partial charge in [-0.3, -0.25) is 4.79 Å². The monoisotopic (exact) mass is 338 g/mol. The van der Waals surface area contributed by atoms with Crippen molar-refractivity contribution in [1.29, 1.82) is 0 Å². The molecule has 2 N–H and O–H groups in total. The number of benzene rings is 1. The Balaban J connectivity index is 2.19. The molecule has 7 heteroatoms. The molecule has 2 rings (SSSR count). The van der Waals surface area contributed by atoms with Gasteiger partial charge >= 0.3 is 0 Å². The molecule has 1 heterocycles. The molecule has 0 saturated heterocycles. The number of carbonyl (C=O) groups is 1. The maximum absolute atomic E-state index is 12.3. The first-order chi connectivity index (χ1) is 10.2. The smallest absolute Gasteiger partial charge is 0.274 e. The van der Waals surface area contributed by atoms with Crippen molar-refractivity contribution >= 4 is 40.7 Å². The number of halogens is 2. The number of hydrogen-bond acceptors (Lipinski definition) is 4. The Morgan fingerprint density at radius 2 is 1.91 bits per heavy atom. The van der Waals surface area contributed by atoms with E-state index in [1.165, 1.54) is 12.3 Å². The predicted molar refractivity (Wildman–Crippen MR) is 89.8 cm³/mol. The van der Waals surface area contributed by atoms with Gasteiger partial charge in [0, 0.05) is 16.8 Å². The Labute approximate surface area is 139 Å². The van der Waals surface area contributed by atoms with Crippen LogP contribution in [0, 0.1) is 0 Å². The van der Waals surface area contributed by atoms with Gasteiger partial charge in [0.25, 0.3) is 5.91 Å². The topological polar surface area (TPSA) is 66.9 Å². The molecular formula is C15H16Cl2N4O. The van der Waals surface area contributed by atoms with Crippen LogP contribution in [-0.4, -0.2) is 21.4 Å². The van der Waals surface area contributed by atoms with Gasteiger partial charge in [-0.2, -0.15) is 0 Å². The van der Waals surface area contributed by atoms with E-state index in [0.717, 1.165) is 0 Å². The van der Waals surface area contributed by atoms with Gasteiger partial charge in [0.05, 0.1) is 10.7 Å². The molecule has 22 heavy (non-hydrogen) atoms. The number of nitrogens with one attached hydrogen (secondary N) is 2. The van der Waals surface area contributed by atoms with Gasteiger partial charge in [-0.05, 0) is 45.0 Å². The number of aromatic nitrogens is 2. The lowest BCUT2D eigenvalue weighted by molar-refractivity contribution is 0.102. The molecule has 116 valence electrons. The molecule has 0 bridgehead atoms. The molecule has 1 aromatic carbocycles. The molecule has 0 atom stereocenters. The van der Waals surface area contributed by atoms with Gasteiger partial charge in [-0.15, -0.1) is 0 Å². The Bertz CT molecular complexity index is 698. The third kappa shape index (κ3) is 4.58. The molecule has 0 radical (unpaired) electrons. The summed E-state index contributed by atoms with van der Waals surface area (Å²) in [6, 6.07) is 6.38. The summed E-state index contributed by atoms with van der Waals surface area (Å²) in [6.45, 7) is 5.94. The number of rotatable bonds is 3. The number of carbonyl (C=O) groups excluding carboxylic acids is 1. The first-order valence-electron chi connectivity index (χ1n) is 6.62. The molecular weight excluding hydrogens is 323 g/mol. The fourth-order valence-electron chi connectivity index (χ4n) is 1.66. The minimum atomic E-state index is -0.386. The van der Waals surface area contributed by atoms with Crippen LogP contribution in [0.5, 0.6) is 0 Å². The van der Waals surface area contributed by atoms with Gasteiger partial charge < -0.3 is 10.6 Å². The van der Waals surface area contributed by atoms with E-state index >= 15 is 0 Å². The van der Waals surface area contributed by atoms with Crippen molar-refractivity contribution in [3.05, 3.63) is 46.2 Å². The lowest BCUT2D eigenvalue weighted by atomic mass is 10.1. The van der Waals surface area contributed by atoms with Gasteiger partial charge in [0.1, 0.15) is 5.69 Å². The van der Waals surface area contributed by atoms with Crippen molar-refractivity contribution in [1.82, 2.24) is 9.97 Å². The zero-order chi connectivity index (χ0) is 16.3. The summed E-state index contributed by atoms with van der Waals surface area (Å²) < 4.78 is 0. The third-order valence-electron chi connectivity index (χ3n) is 2.55. The lowest BCUT2D eigenvalue weighted by Crippen LogP contribution is -2.28. The van der Waals surface area contributed by atoms with Crippen LogP contribution < -0.4 is 10.6 Å². The Hall–Kier alpha value is -1.85. The van der Waals surface area contributed by atoms with Gasteiger partial charge in [0.15, 0.2) is 0 Å². The van der Waals surface area contributed by atoms with Crippen LogP contribution >= 0.6 is 23.2 Å². The van der Waals surface area contributed by atoms with Crippen molar-refractivity contribution in [2.45, 2.75) is 26.3 Å². The molecule has 1 amide bonds. The summed E-state index contributed by atoms with van der Waals surface area (Å²) in [5.74, 6) is 0.000803. The van der Waals surface area contributed by atoms with Crippen molar-refractivity contribution in [3.8, 4) is 0 Å². The highest BCUT2D eigenvalue weighted by atomic mass is 35.5. The average molecular weight is 339 g/mol.